The Hall–Kier alpha value is -1.88. The minimum atomic E-state index is -0.205. The number of aromatic nitrogens is 1. The molecule has 0 saturated heterocycles. The van der Waals surface area contributed by atoms with Gasteiger partial charge in [0.05, 0.1) is 0 Å². The summed E-state index contributed by atoms with van der Waals surface area (Å²) in [4.78, 5) is 16.9. The van der Waals surface area contributed by atoms with Gasteiger partial charge in [-0.15, -0.1) is 0 Å². The van der Waals surface area contributed by atoms with Crippen molar-refractivity contribution in [1.29, 1.82) is 0 Å². The van der Waals surface area contributed by atoms with Crippen LogP contribution in [0.15, 0.2) is 71.3 Å². The zero-order valence-corrected chi connectivity index (χ0v) is 18.3. The van der Waals surface area contributed by atoms with Gasteiger partial charge < -0.3 is 5.32 Å². The summed E-state index contributed by atoms with van der Waals surface area (Å²) in [6, 6.07) is 20.7. The molecule has 3 rings (SSSR count). The van der Waals surface area contributed by atoms with Crippen molar-refractivity contribution in [3.05, 3.63) is 98.2 Å². The normalized spacial score (nSPS) is 13.0. The van der Waals surface area contributed by atoms with Crippen molar-refractivity contribution in [3.63, 3.8) is 0 Å². The minimum absolute atomic E-state index is 0.0644. The third-order valence-electron chi connectivity index (χ3n) is 4.58. The molecule has 2 atom stereocenters. The Bertz CT molecular complexity index is 946. The Balaban J connectivity index is 1.83. The number of amides is 1. The van der Waals surface area contributed by atoms with Gasteiger partial charge in [-0.05, 0) is 76.8 Å². The van der Waals surface area contributed by atoms with Gasteiger partial charge in [0.25, 0.3) is 5.91 Å². The van der Waals surface area contributed by atoms with Crippen LogP contribution in [-0.4, -0.2) is 16.9 Å². The van der Waals surface area contributed by atoms with E-state index in [4.69, 9.17) is 23.2 Å². The zero-order valence-electron chi connectivity index (χ0n) is 15.2. The van der Waals surface area contributed by atoms with Crippen LogP contribution in [0, 0.1) is 0 Å². The van der Waals surface area contributed by atoms with E-state index in [0.29, 0.717) is 20.3 Å². The quantitative estimate of drug-likeness (QED) is 0.423. The molecule has 0 aliphatic carbocycles. The summed E-state index contributed by atoms with van der Waals surface area (Å²) >= 11 is 15.4. The van der Waals surface area contributed by atoms with E-state index < -0.39 is 0 Å². The van der Waals surface area contributed by atoms with Gasteiger partial charge in [0.2, 0.25) is 0 Å². The third-order valence-corrected chi connectivity index (χ3v) is 5.52. The highest BCUT2D eigenvalue weighted by atomic mass is 79.9. The Morgan fingerprint density at radius 1 is 1.00 bits per heavy atom. The van der Waals surface area contributed by atoms with E-state index in [9.17, 15) is 4.79 Å². The molecule has 0 fully saturated rings. The molecule has 0 radical (unpaired) electrons. The number of hydrogen-bond donors (Lipinski definition) is 1. The second-order valence-electron chi connectivity index (χ2n) is 6.60. The van der Waals surface area contributed by atoms with Gasteiger partial charge in [0.1, 0.15) is 10.3 Å². The lowest BCUT2D eigenvalue weighted by Gasteiger charge is -2.26. The molecule has 0 saturated carbocycles. The zero-order chi connectivity index (χ0) is 20.1. The molecule has 28 heavy (non-hydrogen) atoms. The standard InChI is InChI=1S/C22H19BrCl2N2O/c1-14(26-22(28)20-3-2-4-21(23)27-20)19(16-7-11-18(25)12-8-16)13-15-5-9-17(24)10-6-15/h2-12,14,19H,13H2,1H3,(H,26,28). The molecular weight excluding hydrogens is 459 g/mol. The van der Waals surface area contributed by atoms with E-state index >= 15 is 0 Å². The van der Waals surface area contributed by atoms with Gasteiger partial charge >= 0.3 is 0 Å². The van der Waals surface area contributed by atoms with Gasteiger partial charge in [-0.25, -0.2) is 4.98 Å². The number of pyridine rings is 1. The number of carbonyl (C=O) groups is 1. The SMILES string of the molecule is CC(NC(=O)c1cccc(Br)n1)C(Cc1ccc(Cl)cc1)c1ccc(Cl)cc1. The van der Waals surface area contributed by atoms with E-state index in [1.165, 1.54) is 0 Å². The molecule has 0 spiro atoms. The van der Waals surface area contributed by atoms with Crippen molar-refractivity contribution in [2.75, 3.05) is 0 Å². The van der Waals surface area contributed by atoms with Gasteiger partial charge in [0.15, 0.2) is 0 Å². The highest BCUT2D eigenvalue weighted by molar-refractivity contribution is 9.10. The first-order valence-electron chi connectivity index (χ1n) is 8.85. The fraction of sp³-hybridized carbons (Fsp3) is 0.182. The summed E-state index contributed by atoms with van der Waals surface area (Å²) in [5, 5.41) is 4.47. The molecule has 0 aliphatic heterocycles. The molecule has 1 aromatic heterocycles. The van der Waals surface area contributed by atoms with Crippen LogP contribution in [-0.2, 0) is 6.42 Å². The lowest BCUT2D eigenvalue weighted by molar-refractivity contribution is 0.0929. The average molecular weight is 478 g/mol. The van der Waals surface area contributed by atoms with Crippen LogP contribution in [0.4, 0.5) is 0 Å². The molecule has 2 aromatic carbocycles. The number of carbonyl (C=O) groups excluding carboxylic acids is 1. The summed E-state index contributed by atoms with van der Waals surface area (Å²) in [5.41, 5.74) is 2.63. The Labute approximate surface area is 183 Å². The molecule has 1 heterocycles. The Kier molecular flexibility index (Phi) is 7.11. The van der Waals surface area contributed by atoms with E-state index in [0.717, 1.165) is 17.5 Å². The number of hydrogen-bond acceptors (Lipinski definition) is 2. The van der Waals surface area contributed by atoms with Crippen molar-refractivity contribution < 1.29 is 4.79 Å². The Morgan fingerprint density at radius 2 is 1.61 bits per heavy atom. The Morgan fingerprint density at radius 3 is 2.21 bits per heavy atom. The summed E-state index contributed by atoms with van der Waals surface area (Å²) in [6.07, 6.45) is 0.756. The van der Waals surface area contributed by atoms with E-state index in [-0.39, 0.29) is 17.9 Å². The van der Waals surface area contributed by atoms with E-state index in [1.54, 1.807) is 18.2 Å². The van der Waals surface area contributed by atoms with Crippen molar-refractivity contribution in [2.24, 2.45) is 0 Å². The highest BCUT2D eigenvalue weighted by Gasteiger charge is 2.23. The smallest absolute Gasteiger partial charge is 0.270 e. The van der Waals surface area contributed by atoms with Gasteiger partial charge in [-0.2, -0.15) is 0 Å². The van der Waals surface area contributed by atoms with Gasteiger partial charge in [-0.1, -0.05) is 53.5 Å². The van der Waals surface area contributed by atoms with Crippen LogP contribution >= 0.6 is 39.1 Å². The van der Waals surface area contributed by atoms with Crippen LogP contribution < -0.4 is 5.32 Å². The number of nitrogens with zero attached hydrogens (tertiary/aromatic N) is 1. The summed E-state index contributed by atoms with van der Waals surface area (Å²) in [6.45, 7) is 2.01. The summed E-state index contributed by atoms with van der Waals surface area (Å²) < 4.78 is 0.628. The maximum absolute atomic E-state index is 12.7. The first kappa shape index (κ1) is 20.8. The molecule has 144 valence electrons. The predicted molar refractivity (Wildman–Crippen MR) is 118 cm³/mol. The van der Waals surface area contributed by atoms with Crippen LogP contribution in [0.25, 0.3) is 0 Å². The lowest BCUT2D eigenvalue weighted by atomic mass is 9.86. The topological polar surface area (TPSA) is 42.0 Å². The van der Waals surface area contributed by atoms with Crippen molar-refractivity contribution in [3.8, 4) is 0 Å². The maximum Gasteiger partial charge on any atom is 0.270 e. The first-order valence-corrected chi connectivity index (χ1v) is 10.4. The fourth-order valence-corrected chi connectivity index (χ4v) is 3.68. The maximum atomic E-state index is 12.7. The van der Waals surface area contributed by atoms with Crippen molar-refractivity contribution in [1.82, 2.24) is 10.3 Å². The molecule has 3 aromatic rings. The third kappa shape index (κ3) is 5.57. The van der Waals surface area contributed by atoms with Crippen LogP contribution in [0.3, 0.4) is 0 Å². The molecule has 1 N–H and O–H groups in total. The minimum Gasteiger partial charge on any atom is -0.348 e. The van der Waals surface area contributed by atoms with Crippen LogP contribution in [0.2, 0.25) is 10.0 Å². The van der Waals surface area contributed by atoms with Gasteiger partial charge in [0, 0.05) is 22.0 Å². The summed E-state index contributed by atoms with van der Waals surface area (Å²) in [5.74, 6) is -0.140. The molecular formula is C22H19BrCl2N2O. The first-order chi connectivity index (χ1) is 13.4. The van der Waals surface area contributed by atoms with E-state index in [1.807, 2.05) is 55.5 Å². The molecule has 0 bridgehead atoms. The second-order valence-corrected chi connectivity index (χ2v) is 8.28. The molecule has 3 nitrogen and oxygen atoms in total. The number of halogens is 3. The molecule has 2 unspecified atom stereocenters. The number of nitrogens with one attached hydrogen (secondary N) is 1. The largest absolute Gasteiger partial charge is 0.348 e. The monoisotopic (exact) mass is 476 g/mol. The predicted octanol–water partition coefficient (Wildman–Crippen LogP) is 6.30. The average Bonchev–Trinajstić information content (AvgIpc) is 2.68. The fourth-order valence-electron chi connectivity index (χ4n) is 3.08. The second kappa shape index (κ2) is 9.55. The molecule has 6 heteroatoms. The number of benzene rings is 2. The summed E-state index contributed by atoms with van der Waals surface area (Å²) in [7, 11) is 0. The highest BCUT2D eigenvalue weighted by Crippen LogP contribution is 2.27. The number of rotatable bonds is 6. The van der Waals surface area contributed by atoms with Crippen LogP contribution in [0.1, 0.15) is 34.5 Å². The lowest BCUT2D eigenvalue weighted by Crippen LogP contribution is -2.38. The van der Waals surface area contributed by atoms with Crippen molar-refractivity contribution in [2.45, 2.75) is 25.3 Å². The van der Waals surface area contributed by atoms with Crippen molar-refractivity contribution >= 4 is 45.0 Å². The van der Waals surface area contributed by atoms with Crippen LogP contribution in [0.5, 0.6) is 0 Å². The van der Waals surface area contributed by atoms with E-state index in [2.05, 4.69) is 26.2 Å². The van der Waals surface area contributed by atoms with Gasteiger partial charge in [-0.3, -0.25) is 4.79 Å². The molecule has 0 aliphatic rings. The molecule has 1 amide bonds.